The van der Waals surface area contributed by atoms with Gasteiger partial charge in [0.15, 0.2) is 6.17 Å². The van der Waals surface area contributed by atoms with Crippen LogP contribution in [-0.4, -0.2) is 70.8 Å². The maximum absolute atomic E-state index is 12.3. The average Bonchev–Trinajstić information content (AvgIpc) is 2.91. The summed E-state index contributed by atoms with van der Waals surface area (Å²) in [5, 5.41) is 9.79. The van der Waals surface area contributed by atoms with E-state index in [1.165, 1.54) is 23.3 Å². The van der Waals surface area contributed by atoms with E-state index in [1.807, 2.05) is 49.4 Å². The molecule has 1 unspecified atom stereocenters. The highest BCUT2D eigenvalue weighted by Crippen LogP contribution is 2.18. The van der Waals surface area contributed by atoms with Gasteiger partial charge in [0.05, 0.1) is 19.8 Å². The van der Waals surface area contributed by atoms with Gasteiger partial charge in [-0.2, -0.15) is 5.06 Å². The van der Waals surface area contributed by atoms with E-state index in [4.69, 9.17) is 14.7 Å². The normalized spacial score (nSPS) is 14.5. The van der Waals surface area contributed by atoms with Gasteiger partial charge in [-0.05, 0) is 38.5 Å². The Morgan fingerprint density at radius 2 is 1.65 bits per heavy atom. The molecule has 0 saturated carbocycles. The van der Waals surface area contributed by atoms with E-state index >= 15 is 0 Å². The van der Waals surface area contributed by atoms with E-state index in [1.54, 1.807) is 30.9 Å². The zero-order valence-corrected chi connectivity index (χ0v) is 22.6. The van der Waals surface area contributed by atoms with E-state index in [0.29, 0.717) is 18.7 Å². The zero-order chi connectivity index (χ0) is 27.6. The van der Waals surface area contributed by atoms with Crippen molar-refractivity contribution in [3.63, 3.8) is 0 Å². The number of hydrogen-bond donors (Lipinski definition) is 1. The van der Waals surface area contributed by atoms with Crippen LogP contribution in [0.5, 0.6) is 5.75 Å². The Bertz CT molecular complexity index is 900. The first-order valence-electron chi connectivity index (χ1n) is 12.7. The van der Waals surface area contributed by atoms with Crippen LogP contribution in [0.3, 0.4) is 0 Å². The van der Waals surface area contributed by atoms with E-state index in [2.05, 4.69) is 13.8 Å². The van der Waals surface area contributed by atoms with Gasteiger partial charge >= 0.3 is 6.09 Å². The Balaban J connectivity index is 0.000000469. The number of phenolic OH excluding ortho intramolecular Hbond substituents is 1. The third kappa shape index (κ3) is 11.3. The highest BCUT2D eigenvalue weighted by atomic mass is 16.7. The largest absolute Gasteiger partial charge is 0.508 e. The van der Waals surface area contributed by atoms with Crippen LogP contribution < -0.4 is 0 Å². The molecule has 9 heteroatoms. The number of carbonyl (C=O) groups is 3. The molecule has 3 amide bonds. The smallest absolute Gasteiger partial charge is 0.436 e. The predicted octanol–water partition coefficient (Wildman–Crippen LogP) is 4.73. The molecule has 204 valence electrons. The lowest BCUT2D eigenvalue weighted by Gasteiger charge is -2.42. The number of amides is 3. The second-order valence-electron chi connectivity index (χ2n) is 8.30. The number of phenols is 1. The minimum Gasteiger partial charge on any atom is -0.508 e. The van der Waals surface area contributed by atoms with Crippen LogP contribution in [0.25, 0.3) is 0 Å². The number of hydroxylamine groups is 2. The molecule has 0 aromatic heterocycles. The summed E-state index contributed by atoms with van der Waals surface area (Å²) in [6.07, 6.45) is 1.77. The first-order chi connectivity index (χ1) is 17.8. The Labute approximate surface area is 220 Å². The second kappa shape index (κ2) is 17.8. The molecular weight excluding hydrogens is 474 g/mol. The maximum Gasteiger partial charge on any atom is 0.436 e. The van der Waals surface area contributed by atoms with Crippen LogP contribution in [0, 0.1) is 6.92 Å². The standard InChI is InChI=1S/C17H23N3O5.C7H8O.C4H10/c1-3-24-17(23)20(25-4-2)15-11-18(16(22)12-19(15)13-21)10-14-8-6-5-7-9-14;1-6-2-4-7(8)5-3-6;1-3-4-2/h5-9,13,15H,3-4,10-12H2,1-2H3;2-5,8H,1H3;3-4H2,1-2H3. The van der Waals surface area contributed by atoms with Gasteiger partial charge in [-0.1, -0.05) is 74.7 Å². The first-order valence-corrected chi connectivity index (χ1v) is 12.7. The molecule has 0 bridgehead atoms. The van der Waals surface area contributed by atoms with Gasteiger partial charge in [0, 0.05) is 6.54 Å². The molecule has 2 aromatic carbocycles. The number of rotatable bonds is 8. The lowest BCUT2D eigenvalue weighted by Crippen LogP contribution is -2.62. The van der Waals surface area contributed by atoms with Crippen LogP contribution in [-0.2, 0) is 25.7 Å². The van der Waals surface area contributed by atoms with Crippen molar-refractivity contribution in [3.05, 3.63) is 65.7 Å². The molecule has 3 rings (SSSR count). The summed E-state index contributed by atoms with van der Waals surface area (Å²) >= 11 is 0. The molecule has 0 radical (unpaired) electrons. The molecule has 1 atom stereocenters. The minimum absolute atomic E-state index is 0.121. The summed E-state index contributed by atoms with van der Waals surface area (Å²) in [6.45, 7) is 10.6. The number of aryl methyl sites for hydroxylation is 1. The summed E-state index contributed by atoms with van der Waals surface area (Å²) in [6, 6.07) is 16.6. The number of piperazine rings is 1. The molecule has 9 nitrogen and oxygen atoms in total. The summed E-state index contributed by atoms with van der Waals surface area (Å²) in [4.78, 5) is 44.1. The molecule has 1 saturated heterocycles. The van der Waals surface area contributed by atoms with Gasteiger partial charge in [0.1, 0.15) is 12.3 Å². The van der Waals surface area contributed by atoms with E-state index < -0.39 is 12.3 Å². The van der Waals surface area contributed by atoms with Crippen molar-refractivity contribution in [2.45, 2.75) is 60.2 Å². The van der Waals surface area contributed by atoms with Gasteiger partial charge in [-0.25, -0.2) is 4.79 Å². The highest BCUT2D eigenvalue weighted by molar-refractivity contribution is 5.81. The van der Waals surface area contributed by atoms with Crippen molar-refractivity contribution in [3.8, 4) is 5.75 Å². The molecule has 37 heavy (non-hydrogen) atoms. The number of aromatic hydroxyl groups is 1. The number of unbranched alkanes of at least 4 members (excludes halogenated alkanes) is 1. The lowest BCUT2D eigenvalue weighted by atomic mass is 10.2. The topological polar surface area (TPSA) is 99.6 Å². The van der Waals surface area contributed by atoms with Crippen LogP contribution in [0.2, 0.25) is 0 Å². The Hall–Kier alpha value is -3.59. The van der Waals surface area contributed by atoms with Gasteiger partial charge in [0.25, 0.3) is 0 Å². The van der Waals surface area contributed by atoms with Gasteiger partial charge in [-0.15, -0.1) is 0 Å². The monoisotopic (exact) mass is 515 g/mol. The van der Waals surface area contributed by atoms with Crippen LogP contribution >= 0.6 is 0 Å². The molecule has 1 heterocycles. The van der Waals surface area contributed by atoms with Crippen molar-refractivity contribution in [1.82, 2.24) is 14.9 Å². The third-order valence-electron chi connectivity index (χ3n) is 5.31. The molecule has 1 fully saturated rings. The lowest BCUT2D eigenvalue weighted by molar-refractivity contribution is -0.203. The molecule has 0 spiro atoms. The van der Waals surface area contributed by atoms with Gasteiger partial charge in [0.2, 0.25) is 12.3 Å². The molecule has 1 aliphatic heterocycles. The Morgan fingerprint density at radius 1 is 1.03 bits per heavy atom. The van der Waals surface area contributed by atoms with Gasteiger partial charge in [-0.3, -0.25) is 14.4 Å². The maximum atomic E-state index is 12.3. The molecular formula is C28H41N3O6. The van der Waals surface area contributed by atoms with Crippen LogP contribution in [0.15, 0.2) is 54.6 Å². The molecule has 1 N–H and O–H groups in total. The predicted molar refractivity (Wildman–Crippen MR) is 142 cm³/mol. The average molecular weight is 516 g/mol. The highest BCUT2D eigenvalue weighted by Gasteiger charge is 2.38. The Kier molecular flexibility index (Phi) is 15.1. The number of benzene rings is 2. The third-order valence-corrected chi connectivity index (χ3v) is 5.31. The van der Waals surface area contributed by atoms with Crippen LogP contribution in [0.4, 0.5) is 4.79 Å². The second-order valence-corrected chi connectivity index (χ2v) is 8.30. The van der Waals surface area contributed by atoms with Crippen molar-refractivity contribution < 1.29 is 29.1 Å². The fourth-order valence-corrected chi connectivity index (χ4v) is 3.17. The van der Waals surface area contributed by atoms with Crippen molar-refractivity contribution in [2.24, 2.45) is 0 Å². The van der Waals surface area contributed by atoms with Crippen molar-refractivity contribution in [1.29, 1.82) is 0 Å². The minimum atomic E-state index is -0.738. The summed E-state index contributed by atoms with van der Waals surface area (Å²) in [7, 11) is 0. The SMILES string of the molecule is CCCC.CCOC(=O)N(OCC)C1CN(Cc2ccccc2)C(=O)CN1C=O.Cc1ccc(O)cc1. The van der Waals surface area contributed by atoms with Gasteiger partial charge < -0.3 is 19.6 Å². The molecule has 1 aliphatic rings. The van der Waals surface area contributed by atoms with Crippen molar-refractivity contribution >= 4 is 18.4 Å². The number of ether oxygens (including phenoxy) is 1. The molecule has 2 aromatic rings. The van der Waals surface area contributed by atoms with E-state index in [9.17, 15) is 14.4 Å². The first kappa shape index (κ1) is 31.4. The fourth-order valence-electron chi connectivity index (χ4n) is 3.17. The summed E-state index contributed by atoms with van der Waals surface area (Å²) < 4.78 is 5.00. The number of hydrogen-bond acceptors (Lipinski definition) is 6. The Morgan fingerprint density at radius 3 is 2.14 bits per heavy atom. The fraction of sp³-hybridized carbons (Fsp3) is 0.464. The number of nitrogens with zero attached hydrogens (tertiary/aromatic N) is 3. The van der Waals surface area contributed by atoms with E-state index in [0.717, 1.165) is 10.6 Å². The zero-order valence-electron chi connectivity index (χ0n) is 22.6. The quantitative estimate of drug-likeness (QED) is 0.403. The number of carbonyl (C=O) groups excluding carboxylic acids is 3. The molecule has 0 aliphatic carbocycles. The summed E-state index contributed by atoms with van der Waals surface area (Å²) in [5.74, 6) is 0.142. The summed E-state index contributed by atoms with van der Waals surface area (Å²) in [5.41, 5.74) is 2.14. The van der Waals surface area contributed by atoms with Crippen LogP contribution in [0.1, 0.15) is 51.7 Å². The van der Waals surface area contributed by atoms with E-state index in [-0.39, 0.29) is 32.2 Å². The van der Waals surface area contributed by atoms with Crippen molar-refractivity contribution in [2.75, 3.05) is 26.3 Å².